The molecule has 0 aliphatic rings. The van der Waals surface area contributed by atoms with Crippen LogP contribution in [0.3, 0.4) is 0 Å². The standard InChI is InChI=1S/C21H16BrN3O5/c1-30-15-10-11-18(19(12-15)25(28)29)24-20(26)13-6-8-14(9-7-13)23-21(27)16-4-2-3-5-17(16)22/h2-12H,1H3,(H,23,27)(H,24,26). The first-order valence-corrected chi connectivity index (χ1v) is 9.48. The molecule has 3 aromatic rings. The number of benzene rings is 3. The van der Waals surface area contributed by atoms with Crippen molar-refractivity contribution in [2.24, 2.45) is 0 Å². The minimum Gasteiger partial charge on any atom is -0.496 e. The monoisotopic (exact) mass is 469 g/mol. The minimum absolute atomic E-state index is 0.0529. The number of nitrogens with one attached hydrogen (secondary N) is 2. The topological polar surface area (TPSA) is 111 Å². The number of carbonyl (C=O) groups excluding carboxylic acids is 2. The van der Waals surface area contributed by atoms with Gasteiger partial charge in [-0.2, -0.15) is 0 Å². The fourth-order valence-electron chi connectivity index (χ4n) is 2.64. The lowest BCUT2D eigenvalue weighted by Gasteiger charge is -2.09. The third-order valence-corrected chi connectivity index (χ3v) is 4.86. The number of nitro groups is 1. The predicted molar refractivity (Wildman–Crippen MR) is 116 cm³/mol. The summed E-state index contributed by atoms with van der Waals surface area (Å²) in [6.45, 7) is 0. The molecule has 8 nitrogen and oxygen atoms in total. The lowest BCUT2D eigenvalue weighted by molar-refractivity contribution is -0.384. The van der Waals surface area contributed by atoms with Gasteiger partial charge in [0.1, 0.15) is 11.4 Å². The first-order chi connectivity index (χ1) is 14.4. The molecule has 0 radical (unpaired) electrons. The van der Waals surface area contributed by atoms with Crippen LogP contribution in [0.5, 0.6) is 5.75 Å². The van der Waals surface area contributed by atoms with Gasteiger partial charge in [-0.05, 0) is 64.5 Å². The van der Waals surface area contributed by atoms with E-state index in [2.05, 4.69) is 26.6 Å². The number of rotatable bonds is 6. The first-order valence-electron chi connectivity index (χ1n) is 8.69. The molecule has 0 aromatic heterocycles. The van der Waals surface area contributed by atoms with E-state index in [1.54, 1.807) is 36.4 Å². The van der Waals surface area contributed by atoms with Crippen LogP contribution >= 0.6 is 15.9 Å². The molecule has 0 saturated heterocycles. The lowest BCUT2D eigenvalue weighted by Crippen LogP contribution is -2.14. The van der Waals surface area contributed by atoms with Gasteiger partial charge in [-0.15, -0.1) is 0 Å². The zero-order valence-electron chi connectivity index (χ0n) is 15.7. The van der Waals surface area contributed by atoms with Crippen LogP contribution < -0.4 is 15.4 Å². The Morgan fingerprint density at radius 3 is 2.30 bits per heavy atom. The fraction of sp³-hybridized carbons (Fsp3) is 0.0476. The molecule has 2 N–H and O–H groups in total. The smallest absolute Gasteiger partial charge is 0.296 e. The Hall–Kier alpha value is -3.72. The molecule has 2 amide bonds. The van der Waals surface area contributed by atoms with Gasteiger partial charge in [0.25, 0.3) is 17.5 Å². The predicted octanol–water partition coefficient (Wildman–Crippen LogP) is 4.87. The van der Waals surface area contributed by atoms with Crippen molar-refractivity contribution in [3.05, 3.63) is 92.4 Å². The summed E-state index contributed by atoms with van der Waals surface area (Å²) in [5.74, 6) is -0.509. The maximum Gasteiger partial charge on any atom is 0.296 e. The first kappa shape index (κ1) is 21.0. The molecular weight excluding hydrogens is 454 g/mol. The highest BCUT2D eigenvalue weighted by Crippen LogP contribution is 2.29. The van der Waals surface area contributed by atoms with Gasteiger partial charge >= 0.3 is 0 Å². The molecule has 0 bridgehead atoms. The summed E-state index contributed by atoms with van der Waals surface area (Å²) in [6, 6.07) is 17.3. The summed E-state index contributed by atoms with van der Waals surface area (Å²) in [7, 11) is 1.40. The SMILES string of the molecule is COc1ccc(NC(=O)c2ccc(NC(=O)c3ccccc3Br)cc2)c([N+](=O)[O-])c1. The lowest BCUT2D eigenvalue weighted by atomic mass is 10.1. The number of halogens is 1. The van der Waals surface area contributed by atoms with Crippen molar-refractivity contribution in [1.82, 2.24) is 0 Å². The molecule has 0 heterocycles. The number of nitrogens with zero attached hydrogens (tertiary/aromatic N) is 1. The summed E-state index contributed by atoms with van der Waals surface area (Å²) in [5.41, 5.74) is 1.03. The molecule has 0 aliphatic heterocycles. The molecule has 0 unspecified atom stereocenters. The van der Waals surface area contributed by atoms with E-state index in [0.29, 0.717) is 21.5 Å². The highest BCUT2D eigenvalue weighted by atomic mass is 79.9. The third kappa shape index (κ3) is 4.81. The summed E-state index contributed by atoms with van der Waals surface area (Å²) in [5, 5.41) is 16.5. The van der Waals surface area contributed by atoms with E-state index in [9.17, 15) is 19.7 Å². The maximum atomic E-state index is 12.5. The van der Waals surface area contributed by atoms with E-state index in [4.69, 9.17) is 4.74 Å². The molecule has 0 fully saturated rings. The summed E-state index contributed by atoms with van der Waals surface area (Å²) >= 11 is 3.33. The van der Waals surface area contributed by atoms with Gasteiger partial charge in [-0.3, -0.25) is 19.7 Å². The normalized spacial score (nSPS) is 10.2. The second-order valence-corrected chi connectivity index (χ2v) is 6.96. The van der Waals surface area contributed by atoms with E-state index in [1.165, 1.54) is 37.4 Å². The van der Waals surface area contributed by atoms with Crippen LogP contribution in [0.25, 0.3) is 0 Å². The second kappa shape index (κ2) is 9.19. The van der Waals surface area contributed by atoms with Crippen LogP contribution in [0, 0.1) is 10.1 Å². The van der Waals surface area contributed by atoms with Crippen LogP contribution in [-0.4, -0.2) is 23.8 Å². The molecule has 3 rings (SSSR count). The van der Waals surface area contributed by atoms with Gasteiger partial charge in [0.15, 0.2) is 0 Å². The summed E-state index contributed by atoms with van der Waals surface area (Å²) in [4.78, 5) is 35.5. The number of amides is 2. The van der Waals surface area contributed by atoms with Crippen LogP contribution in [0.1, 0.15) is 20.7 Å². The van der Waals surface area contributed by atoms with Crippen LogP contribution in [0.4, 0.5) is 17.1 Å². The number of methoxy groups -OCH3 is 1. The summed E-state index contributed by atoms with van der Waals surface area (Å²) in [6.07, 6.45) is 0. The minimum atomic E-state index is -0.599. The maximum absolute atomic E-state index is 12.5. The zero-order chi connectivity index (χ0) is 21.7. The second-order valence-electron chi connectivity index (χ2n) is 6.11. The number of nitro benzene ring substituents is 1. The van der Waals surface area contributed by atoms with Crippen LogP contribution in [0.2, 0.25) is 0 Å². The molecule has 0 spiro atoms. The highest BCUT2D eigenvalue weighted by Gasteiger charge is 2.18. The van der Waals surface area contributed by atoms with E-state index < -0.39 is 10.8 Å². The molecule has 0 atom stereocenters. The Labute approximate surface area is 180 Å². The van der Waals surface area contributed by atoms with Gasteiger partial charge in [0, 0.05) is 15.7 Å². The quantitative estimate of drug-likeness (QED) is 0.395. The molecule has 152 valence electrons. The molecule has 30 heavy (non-hydrogen) atoms. The van der Waals surface area contributed by atoms with E-state index >= 15 is 0 Å². The van der Waals surface area contributed by atoms with Crippen molar-refractivity contribution >= 4 is 44.8 Å². The number of ether oxygens (including phenoxy) is 1. The van der Waals surface area contributed by atoms with Gasteiger partial charge in [-0.1, -0.05) is 12.1 Å². The number of anilines is 2. The van der Waals surface area contributed by atoms with Gasteiger partial charge in [0.05, 0.1) is 23.7 Å². The third-order valence-electron chi connectivity index (χ3n) is 4.17. The van der Waals surface area contributed by atoms with E-state index in [-0.39, 0.29) is 22.8 Å². The van der Waals surface area contributed by atoms with E-state index in [0.717, 1.165) is 0 Å². The molecule has 9 heteroatoms. The van der Waals surface area contributed by atoms with E-state index in [1.807, 2.05) is 0 Å². The molecule has 3 aromatic carbocycles. The van der Waals surface area contributed by atoms with Crippen molar-refractivity contribution in [1.29, 1.82) is 0 Å². The van der Waals surface area contributed by atoms with Gasteiger partial charge in [-0.25, -0.2) is 0 Å². The fourth-order valence-corrected chi connectivity index (χ4v) is 3.10. The number of carbonyl (C=O) groups is 2. The summed E-state index contributed by atoms with van der Waals surface area (Å²) < 4.78 is 5.65. The molecule has 0 saturated carbocycles. The van der Waals surface area contributed by atoms with Crippen molar-refractivity contribution in [2.45, 2.75) is 0 Å². The molecule has 0 aliphatic carbocycles. The van der Waals surface area contributed by atoms with Gasteiger partial charge in [0.2, 0.25) is 0 Å². The number of hydrogen-bond acceptors (Lipinski definition) is 5. The Bertz CT molecular complexity index is 1120. The Kier molecular flexibility index (Phi) is 6.43. The van der Waals surface area contributed by atoms with Crippen LogP contribution in [0.15, 0.2) is 71.2 Å². The average Bonchev–Trinajstić information content (AvgIpc) is 2.74. The molecular formula is C21H16BrN3O5. The Morgan fingerprint density at radius 2 is 1.67 bits per heavy atom. The van der Waals surface area contributed by atoms with Crippen molar-refractivity contribution in [3.8, 4) is 5.75 Å². The van der Waals surface area contributed by atoms with Gasteiger partial charge < -0.3 is 15.4 Å². The highest BCUT2D eigenvalue weighted by molar-refractivity contribution is 9.10. The Morgan fingerprint density at radius 1 is 0.967 bits per heavy atom. The number of hydrogen-bond donors (Lipinski definition) is 2. The van der Waals surface area contributed by atoms with Crippen molar-refractivity contribution < 1.29 is 19.2 Å². The zero-order valence-corrected chi connectivity index (χ0v) is 17.3. The van der Waals surface area contributed by atoms with Crippen LogP contribution in [-0.2, 0) is 0 Å². The largest absolute Gasteiger partial charge is 0.496 e. The Balaban J connectivity index is 1.72. The van der Waals surface area contributed by atoms with Crippen molar-refractivity contribution in [3.63, 3.8) is 0 Å². The average molecular weight is 470 g/mol. The van der Waals surface area contributed by atoms with Crippen molar-refractivity contribution in [2.75, 3.05) is 17.7 Å².